The summed E-state index contributed by atoms with van der Waals surface area (Å²) in [6.45, 7) is 0.523. The zero-order valence-corrected chi connectivity index (χ0v) is 6.17. The average Bonchev–Trinajstić information content (AvgIpc) is 2.07. The number of hydrazine groups is 1. The van der Waals surface area contributed by atoms with E-state index >= 15 is 0 Å². The molecule has 0 aromatic heterocycles. The molecule has 0 radical (unpaired) electrons. The van der Waals surface area contributed by atoms with Crippen LogP contribution in [0.5, 0.6) is 0 Å². The lowest BCUT2D eigenvalue weighted by Gasteiger charge is -1.86. The Hall–Kier alpha value is -1.30. The zero-order chi connectivity index (χ0) is 7.94. The third-order valence-corrected chi connectivity index (χ3v) is 1.20. The Labute approximate surface area is 66.4 Å². The van der Waals surface area contributed by atoms with Crippen LogP contribution in [0.2, 0.25) is 0 Å². The average molecular weight is 146 g/mol. The van der Waals surface area contributed by atoms with Gasteiger partial charge in [-0.1, -0.05) is 30.0 Å². The number of rotatable bonds is 1. The van der Waals surface area contributed by atoms with E-state index < -0.39 is 0 Å². The van der Waals surface area contributed by atoms with Crippen molar-refractivity contribution < 1.29 is 0 Å². The molecule has 1 aromatic carbocycles. The van der Waals surface area contributed by atoms with Crippen LogP contribution in [-0.4, -0.2) is 6.54 Å². The first-order valence-corrected chi connectivity index (χ1v) is 3.41. The minimum absolute atomic E-state index is 0.523. The third-order valence-electron chi connectivity index (χ3n) is 1.20. The molecule has 0 spiro atoms. The normalized spacial score (nSPS) is 8.45. The van der Waals surface area contributed by atoms with Crippen molar-refractivity contribution in [3.05, 3.63) is 35.9 Å². The summed E-state index contributed by atoms with van der Waals surface area (Å²) in [5, 5.41) is 0. The highest BCUT2D eigenvalue weighted by molar-refractivity contribution is 5.33. The summed E-state index contributed by atoms with van der Waals surface area (Å²) in [5.41, 5.74) is 3.48. The van der Waals surface area contributed by atoms with E-state index in [9.17, 15) is 0 Å². The van der Waals surface area contributed by atoms with Crippen molar-refractivity contribution in [1.82, 2.24) is 5.43 Å². The molecule has 0 amide bonds. The summed E-state index contributed by atoms with van der Waals surface area (Å²) in [6.07, 6.45) is 0. The molecule has 56 valence electrons. The third kappa shape index (κ3) is 2.85. The standard InChI is InChI=1S/C9H10N2/c10-11-8-4-7-9-5-2-1-3-6-9/h1-3,5-6,11H,8,10H2. The molecule has 0 saturated heterocycles. The van der Waals surface area contributed by atoms with Gasteiger partial charge in [0, 0.05) is 5.56 Å². The van der Waals surface area contributed by atoms with E-state index in [4.69, 9.17) is 5.84 Å². The minimum Gasteiger partial charge on any atom is -0.271 e. The molecule has 2 heteroatoms. The van der Waals surface area contributed by atoms with E-state index in [0.29, 0.717) is 6.54 Å². The fraction of sp³-hybridized carbons (Fsp3) is 0.111. The van der Waals surface area contributed by atoms with Gasteiger partial charge in [0.25, 0.3) is 0 Å². The van der Waals surface area contributed by atoms with Crippen LogP contribution in [0.25, 0.3) is 0 Å². The molecule has 0 unspecified atom stereocenters. The van der Waals surface area contributed by atoms with Crippen LogP contribution in [0.3, 0.4) is 0 Å². The molecular weight excluding hydrogens is 136 g/mol. The van der Waals surface area contributed by atoms with E-state index in [1.54, 1.807) is 0 Å². The van der Waals surface area contributed by atoms with Gasteiger partial charge in [-0.2, -0.15) is 0 Å². The Bertz CT molecular complexity index is 256. The Kier molecular flexibility index (Phi) is 3.20. The predicted octanol–water partition coefficient (Wildman–Crippen LogP) is 0.501. The molecule has 3 N–H and O–H groups in total. The van der Waals surface area contributed by atoms with Crippen LogP contribution in [0.1, 0.15) is 5.56 Å². The van der Waals surface area contributed by atoms with Gasteiger partial charge in [0.1, 0.15) is 0 Å². The molecule has 11 heavy (non-hydrogen) atoms. The highest BCUT2D eigenvalue weighted by atomic mass is 15.2. The molecule has 0 fully saturated rings. The SMILES string of the molecule is NNCC#Cc1ccccc1. The van der Waals surface area contributed by atoms with E-state index in [1.807, 2.05) is 30.3 Å². The Morgan fingerprint density at radius 1 is 1.27 bits per heavy atom. The highest BCUT2D eigenvalue weighted by Crippen LogP contribution is 1.93. The number of hydrogen-bond donors (Lipinski definition) is 2. The molecule has 0 aliphatic carbocycles. The predicted molar refractivity (Wildman–Crippen MR) is 45.5 cm³/mol. The van der Waals surface area contributed by atoms with Gasteiger partial charge in [-0.25, -0.2) is 5.43 Å². The van der Waals surface area contributed by atoms with E-state index in [2.05, 4.69) is 17.3 Å². The summed E-state index contributed by atoms with van der Waals surface area (Å²) in [7, 11) is 0. The molecule has 0 bridgehead atoms. The van der Waals surface area contributed by atoms with Crippen LogP contribution in [0, 0.1) is 11.8 Å². The first-order chi connectivity index (χ1) is 5.43. The fourth-order valence-electron chi connectivity index (χ4n) is 0.719. The van der Waals surface area contributed by atoms with Crippen molar-refractivity contribution in [2.24, 2.45) is 5.84 Å². The number of nitrogens with one attached hydrogen (secondary N) is 1. The van der Waals surface area contributed by atoms with Crippen molar-refractivity contribution >= 4 is 0 Å². The zero-order valence-electron chi connectivity index (χ0n) is 6.17. The van der Waals surface area contributed by atoms with Gasteiger partial charge < -0.3 is 0 Å². The first-order valence-electron chi connectivity index (χ1n) is 3.41. The van der Waals surface area contributed by atoms with Gasteiger partial charge >= 0.3 is 0 Å². The van der Waals surface area contributed by atoms with Crippen LogP contribution < -0.4 is 11.3 Å². The summed E-state index contributed by atoms with van der Waals surface area (Å²) in [4.78, 5) is 0. The van der Waals surface area contributed by atoms with E-state index in [0.717, 1.165) is 5.56 Å². The second-order valence-electron chi connectivity index (χ2n) is 2.05. The second-order valence-corrected chi connectivity index (χ2v) is 2.05. The van der Waals surface area contributed by atoms with Crippen LogP contribution in [-0.2, 0) is 0 Å². The lowest BCUT2D eigenvalue weighted by molar-refractivity contribution is 0.837. The number of benzene rings is 1. The van der Waals surface area contributed by atoms with E-state index in [-0.39, 0.29) is 0 Å². The Morgan fingerprint density at radius 2 is 2.00 bits per heavy atom. The maximum atomic E-state index is 5.04. The lowest BCUT2D eigenvalue weighted by Crippen LogP contribution is -2.21. The number of hydrogen-bond acceptors (Lipinski definition) is 2. The molecule has 1 rings (SSSR count). The van der Waals surface area contributed by atoms with Gasteiger partial charge in [-0.05, 0) is 12.1 Å². The van der Waals surface area contributed by atoms with Crippen molar-refractivity contribution in [3.63, 3.8) is 0 Å². The fourth-order valence-corrected chi connectivity index (χ4v) is 0.719. The van der Waals surface area contributed by atoms with Crippen molar-refractivity contribution in [1.29, 1.82) is 0 Å². The van der Waals surface area contributed by atoms with Crippen LogP contribution in [0.4, 0.5) is 0 Å². The Balaban J connectivity index is 2.59. The quantitative estimate of drug-likeness (QED) is 0.344. The number of nitrogens with two attached hydrogens (primary N) is 1. The molecule has 1 aromatic rings. The maximum Gasteiger partial charge on any atom is 0.0713 e. The van der Waals surface area contributed by atoms with E-state index in [1.165, 1.54) is 0 Å². The molecule has 0 saturated carbocycles. The molecule has 0 heterocycles. The van der Waals surface area contributed by atoms with Crippen LogP contribution >= 0.6 is 0 Å². The first kappa shape index (κ1) is 7.80. The van der Waals surface area contributed by atoms with Gasteiger partial charge in [-0.3, -0.25) is 5.84 Å². The summed E-state index contributed by atoms with van der Waals surface area (Å²) in [6, 6.07) is 9.80. The van der Waals surface area contributed by atoms with Gasteiger partial charge in [0.15, 0.2) is 0 Å². The summed E-state index contributed by atoms with van der Waals surface area (Å²) in [5.74, 6) is 10.9. The Morgan fingerprint density at radius 3 is 2.64 bits per heavy atom. The van der Waals surface area contributed by atoms with Crippen molar-refractivity contribution in [2.45, 2.75) is 0 Å². The molecule has 0 aliphatic heterocycles. The monoisotopic (exact) mass is 146 g/mol. The van der Waals surface area contributed by atoms with Crippen LogP contribution in [0.15, 0.2) is 30.3 Å². The lowest BCUT2D eigenvalue weighted by atomic mass is 10.2. The van der Waals surface area contributed by atoms with Crippen molar-refractivity contribution in [3.8, 4) is 11.8 Å². The highest BCUT2D eigenvalue weighted by Gasteiger charge is 1.79. The topological polar surface area (TPSA) is 38.0 Å². The summed E-state index contributed by atoms with van der Waals surface area (Å²) >= 11 is 0. The van der Waals surface area contributed by atoms with Crippen molar-refractivity contribution in [2.75, 3.05) is 6.54 Å². The summed E-state index contributed by atoms with van der Waals surface area (Å²) < 4.78 is 0. The largest absolute Gasteiger partial charge is 0.271 e. The van der Waals surface area contributed by atoms with Gasteiger partial charge in [-0.15, -0.1) is 0 Å². The molecular formula is C9H10N2. The molecule has 2 nitrogen and oxygen atoms in total. The minimum atomic E-state index is 0.523. The maximum absolute atomic E-state index is 5.04. The van der Waals surface area contributed by atoms with Gasteiger partial charge in [0.2, 0.25) is 0 Å². The molecule has 0 atom stereocenters. The van der Waals surface area contributed by atoms with Gasteiger partial charge in [0.05, 0.1) is 6.54 Å². The second kappa shape index (κ2) is 4.51. The molecule has 0 aliphatic rings. The smallest absolute Gasteiger partial charge is 0.0713 e.